The molecule has 34 heavy (non-hydrogen) atoms. The summed E-state index contributed by atoms with van der Waals surface area (Å²) in [7, 11) is 0. The van der Waals surface area contributed by atoms with Gasteiger partial charge in [-0.15, -0.1) is 0 Å². The molecule has 1 aromatic rings. The maximum Gasteiger partial charge on any atom is 0.317 e. The van der Waals surface area contributed by atoms with Gasteiger partial charge in [-0.2, -0.15) is 0 Å². The van der Waals surface area contributed by atoms with Crippen molar-refractivity contribution >= 4 is 51.4 Å². The topological polar surface area (TPSA) is 188 Å². The number of nitrogens with zero attached hydrogens (tertiary/aromatic N) is 3. The molecule has 1 aromatic carbocycles. The van der Waals surface area contributed by atoms with Crippen LogP contribution in [0.3, 0.4) is 0 Å². The number of halogens is 1. The second kappa shape index (κ2) is 15.0. The summed E-state index contributed by atoms with van der Waals surface area (Å²) in [4.78, 5) is 60.6. The minimum Gasteiger partial charge on any atom is -0.480 e. The van der Waals surface area contributed by atoms with Crippen molar-refractivity contribution in [2.24, 2.45) is 0 Å². The van der Waals surface area contributed by atoms with Gasteiger partial charge in [0.1, 0.15) is 0 Å². The summed E-state index contributed by atoms with van der Waals surface area (Å²) in [5, 5.41) is 38.8. The number of anilines is 1. The first-order chi connectivity index (χ1) is 15.9. The van der Waals surface area contributed by atoms with Crippen LogP contribution in [0.2, 0.25) is 0 Å². The molecule has 0 bridgehead atoms. The van der Waals surface area contributed by atoms with Gasteiger partial charge in [0.25, 0.3) is 0 Å². The third-order valence-corrected chi connectivity index (χ3v) is 4.92. The maximum atomic E-state index is 12.3. The van der Waals surface area contributed by atoms with Gasteiger partial charge >= 0.3 is 23.9 Å². The lowest BCUT2D eigenvalue weighted by Crippen LogP contribution is -2.46. The highest BCUT2D eigenvalue weighted by atomic mass is 79.9. The molecule has 0 unspecified atom stereocenters. The van der Waals surface area contributed by atoms with Crippen LogP contribution in [-0.2, 0) is 24.0 Å². The van der Waals surface area contributed by atoms with Crippen LogP contribution < -0.4 is 5.32 Å². The van der Waals surface area contributed by atoms with E-state index in [9.17, 15) is 24.0 Å². The summed E-state index contributed by atoms with van der Waals surface area (Å²) < 4.78 is 0.821. The molecule has 0 heterocycles. The van der Waals surface area contributed by atoms with Gasteiger partial charge in [0.05, 0.1) is 32.7 Å². The molecule has 0 radical (unpaired) electrons. The normalized spacial score (nSPS) is 11.1. The van der Waals surface area contributed by atoms with Crippen LogP contribution >= 0.6 is 15.9 Å². The molecule has 188 valence electrons. The fourth-order valence-corrected chi connectivity index (χ4v) is 3.23. The van der Waals surface area contributed by atoms with Crippen LogP contribution in [0.25, 0.3) is 0 Å². The minimum absolute atomic E-state index is 0.0266. The highest BCUT2D eigenvalue weighted by molar-refractivity contribution is 9.10. The monoisotopic (exact) mass is 546 g/mol. The Labute approximate surface area is 203 Å². The van der Waals surface area contributed by atoms with Crippen molar-refractivity contribution in [2.75, 3.05) is 64.2 Å². The third-order valence-electron chi connectivity index (χ3n) is 4.40. The standard InChI is InChI=1S/C20H27BrN4O9/c21-14-1-3-15(4-2-14)22-16(26)9-24(11-18(29)30)7-5-23(10-17(27)28)6-8-25(12-19(31)32)13-20(33)34/h1-4H,5-13H2,(H,22,26)(H,27,28)(H,29,30)(H,31,32)(H,33,34). The molecule has 0 aliphatic carbocycles. The Kier molecular flexibility index (Phi) is 12.7. The lowest BCUT2D eigenvalue weighted by molar-refractivity contribution is -0.143. The number of rotatable bonds is 17. The van der Waals surface area contributed by atoms with Gasteiger partial charge < -0.3 is 25.7 Å². The van der Waals surface area contributed by atoms with Gasteiger partial charge in [-0.3, -0.25) is 38.7 Å². The molecule has 0 aromatic heterocycles. The molecule has 13 nitrogen and oxygen atoms in total. The van der Waals surface area contributed by atoms with E-state index >= 15 is 0 Å². The summed E-state index contributed by atoms with van der Waals surface area (Å²) in [6.07, 6.45) is 0. The SMILES string of the molecule is O=C(O)CN(CCN(CC(=O)O)CC(=O)O)CCN(CC(=O)O)CC(=O)Nc1ccc(Br)cc1. The molecular weight excluding hydrogens is 520 g/mol. The quantitative estimate of drug-likeness (QED) is 0.171. The van der Waals surface area contributed by atoms with Gasteiger partial charge in [-0.05, 0) is 24.3 Å². The van der Waals surface area contributed by atoms with Crippen LogP contribution in [0.5, 0.6) is 0 Å². The van der Waals surface area contributed by atoms with E-state index in [1.165, 1.54) is 9.80 Å². The van der Waals surface area contributed by atoms with Crippen LogP contribution in [0.15, 0.2) is 28.7 Å². The Hall–Kier alpha value is -3.07. The summed E-state index contributed by atoms with van der Waals surface area (Å²) in [6, 6.07) is 6.79. The van der Waals surface area contributed by atoms with E-state index < -0.39 is 56.0 Å². The Morgan fingerprint density at radius 3 is 1.38 bits per heavy atom. The molecule has 0 saturated heterocycles. The minimum atomic E-state index is -1.23. The molecule has 14 heteroatoms. The highest BCUT2D eigenvalue weighted by Crippen LogP contribution is 2.14. The molecule has 1 amide bonds. The van der Waals surface area contributed by atoms with Crippen molar-refractivity contribution < 1.29 is 44.4 Å². The number of hydrogen-bond acceptors (Lipinski definition) is 8. The molecular formula is C20H27BrN4O9. The zero-order valence-corrected chi connectivity index (χ0v) is 19.8. The summed E-state index contributed by atoms with van der Waals surface area (Å²) in [5.41, 5.74) is 0.521. The van der Waals surface area contributed by atoms with Crippen molar-refractivity contribution in [1.82, 2.24) is 14.7 Å². The summed E-state index contributed by atoms with van der Waals surface area (Å²) in [5.74, 6) is -5.25. The van der Waals surface area contributed by atoms with Crippen molar-refractivity contribution in [3.63, 3.8) is 0 Å². The Morgan fingerprint density at radius 2 is 0.971 bits per heavy atom. The average Bonchev–Trinajstić information content (AvgIpc) is 2.69. The van der Waals surface area contributed by atoms with Crippen LogP contribution in [0, 0.1) is 0 Å². The number of benzene rings is 1. The number of nitrogens with one attached hydrogen (secondary N) is 1. The molecule has 5 N–H and O–H groups in total. The number of carboxylic acids is 4. The van der Waals surface area contributed by atoms with Crippen molar-refractivity contribution in [2.45, 2.75) is 0 Å². The lowest BCUT2D eigenvalue weighted by atomic mass is 10.3. The number of carbonyl (C=O) groups is 5. The molecule has 1 rings (SSSR count). The van der Waals surface area contributed by atoms with Gasteiger partial charge in [0, 0.05) is 36.3 Å². The zero-order chi connectivity index (χ0) is 25.7. The van der Waals surface area contributed by atoms with E-state index in [0.29, 0.717) is 5.69 Å². The van der Waals surface area contributed by atoms with E-state index in [2.05, 4.69) is 21.2 Å². The fraction of sp³-hybridized carbons (Fsp3) is 0.450. The van der Waals surface area contributed by atoms with E-state index in [4.69, 9.17) is 20.4 Å². The zero-order valence-electron chi connectivity index (χ0n) is 18.2. The van der Waals surface area contributed by atoms with Gasteiger partial charge in [-0.1, -0.05) is 15.9 Å². The lowest BCUT2D eigenvalue weighted by Gasteiger charge is -2.27. The molecule has 0 aliphatic rings. The smallest absolute Gasteiger partial charge is 0.317 e. The summed E-state index contributed by atoms with van der Waals surface area (Å²) >= 11 is 3.28. The van der Waals surface area contributed by atoms with Crippen molar-refractivity contribution in [3.8, 4) is 0 Å². The van der Waals surface area contributed by atoms with Crippen LogP contribution in [0.1, 0.15) is 0 Å². The van der Waals surface area contributed by atoms with E-state index in [0.717, 1.165) is 9.37 Å². The van der Waals surface area contributed by atoms with Gasteiger partial charge in [0.2, 0.25) is 5.91 Å². The van der Waals surface area contributed by atoms with E-state index in [-0.39, 0.29) is 32.7 Å². The number of carboxylic acid groups (broad SMARTS) is 4. The molecule has 0 aliphatic heterocycles. The van der Waals surface area contributed by atoms with Crippen molar-refractivity contribution in [3.05, 3.63) is 28.7 Å². The second-order valence-electron chi connectivity index (χ2n) is 7.33. The molecule has 0 spiro atoms. The second-order valence-corrected chi connectivity index (χ2v) is 8.24. The Morgan fingerprint density at radius 1 is 0.618 bits per heavy atom. The Bertz CT molecular complexity index is 850. The number of hydrogen-bond donors (Lipinski definition) is 5. The molecule has 0 atom stereocenters. The first kappa shape index (κ1) is 29.0. The largest absolute Gasteiger partial charge is 0.480 e. The first-order valence-corrected chi connectivity index (χ1v) is 10.8. The Balaban J connectivity index is 2.74. The van der Waals surface area contributed by atoms with E-state index in [1.807, 2.05) is 0 Å². The third kappa shape index (κ3) is 13.5. The maximum absolute atomic E-state index is 12.3. The number of carbonyl (C=O) groups excluding carboxylic acids is 1. The van der Waals surface area contributed by atoms with E-state index in [1.54, 1.807) is 24.3 Å². The van der Waals surface area contributed by atoms with Crippen LogP contribution in [0.4, 0.5) is 5.69 Å². The van der Waals surface area contributed by atoms with Gasteiger partial charge in [-0.25, -0.2) is 0 Å². The fourth-order valence-electron chi connectivity index (χ4n) is 2.97. The van der Waals surface area contributed by atoms with Gasteiger partial charge in [0.15, 0.2) is 0 Å². The van der Waals surface area contributed by atoms with Crippen LogP contribution in [-0.4, -0.2) is 124 Å². The number of amides is 1. The average molecular weight is 547 g/mol. The highest BCUT2D eigenvalue weighted by Gasteiger charge is 2.19. The summed E-state index contributed by atoms with van der Waals surface area (Å²) in [6.45, 7) is -2.13. The number of aliphatic carboxylic acids is 4. The molecule has 0 saturated carbocycles. The van der Waals surface area contributed by atoms with Crippen molar-refractivity contribution in [1.29, 1.82) is 0 Å². The first-order valence-electron chi connectivity index (χ1n) is 10.0. The predicted molar refractivity (Wildman–Crippen MR) is 123 cm³/mol. The predicted octanol–water partition coefficient (Wildman–Crippen LogP) is -0.368. The molecule has 0 fully saturated rings.